The van der Waals surface area contributed by atoms with E-state index < -0.39 is 0 Å². The van der Waals surface area contributed by atoms with Gasteiger partial charge in [0.05, 0.1) is 5.69 Å². The van der Waals surface area contributed by atoms with Gasteiger partial charge in [0, 0.05) is 18.7 Å². The van der Waals surface area contributed by atoms with Gasteiger partial charge in [0.25, 0.3) is 5.91 Å². The third-order valence-corrected chi connectivity index (χ3v) is 3.36. The summed E-state index contributed by atoms with van der Waals surface area (Å²) in [6, 6.07) is 5.69. The van der Waals surface area contributed by atoms with Crippen LogP contribution in [0.1, 0.15) is 18.4 Å². The lowest BCUT2D eigenvalue weighted by atomic mass is 10.1. The first-order valence-corrected chi connectivity index (χ1v) is 6.02. The standard InChI is InChI=1S/C13H16N2O2/c14-11-3-1-2-10-7-15(6-9-4-5-9)12(16)8-17-13(10)11/h1-3,9H,4-8,14H2. The molecular formula is C13H16N2O2. The Kier molecular flexibility index (Phi) is 2.42. The van der Waals surface area contributed by atoms with E-state index in [0.717, 1.165) is 12.1 Å². The molecule has 0 unspecified atom stereocenters. The average Bonchev–Trinajstić information content (AvgIpc) is 3.11. The van der Waals surface area contributed by atoms with Gasteiger partial charge in [0.2, 0.25) is 0 Å². The Labute approximate surface area is 100 Å². The van der Waals surface area contributed by atoms with Crippen molar-refractivity contribution in [2.24, 2.45) is 5.92 Å². The Balaban J connectivity index is 1.86. The molecule has 0 radical (unpaired) electrons. The Bertz CT molecular complexity index is 455. The van der Waals surface area contributed by atoms with Gasteiger partial charge in [0.15, 0.2) is 6.61 Å². The summed E-state index contributed by atoms with van der Waals surface area (Å²) in [7, 11) is 0. The average molecular weight is 232 g/mol. The van der Waals surface area contributed by atoms with Crippen LogP contribution in [0.3, 0.4) is 0 Å². The van der Waals surface area contributed by atoms with Crippen LogP contribution in [0.25, 0.3) is 0 Å². The van der Waals surface area contributed by atoms with E-state index in [2.05, 4.69) is 0 Å². The third kappa shape index (κ3) is 2.07. The van der Waals surface area contributed by atoms with Crippen LogP contribution in [0.4, 0.5) is 5.69 Å². The number of hydrogen-bond acceptors (Lipinski definition) is 3. The highest BCUT2D eigenvalue weighted by Crippen LogP contribution is 2.33. The number of para-hydroxylation sites is 1. The minimum atomic E-state index is 0.0625. The molecule has 1 aromatic rings. The highest BCUT2D eigenvalue weighted by atomic mass is 16.5. The normalized spacial score (nSPS) is 19.5. The van der Waals surface area contributed by atoms with Gasteiger partial charge >= 0.3 is 0 Å². The minimum absolute atomic E-state index is 0.0625. The van der Waals surface area contributed by atoms with Crippen molar-refractivity contribution in [2.75, 3.05) is 18.9 Å². The first-order chi connectivity index (χ1) is 8.24. The molecule has 2 aliphatic rings. The molecule has 0 aromatic heterocycles. The Morgan fingerprint density at radius 2 is 2.24 bits per heavy atom. The number of amides is 1. The Morgan fingerprint density at radius 1 is 1.41 bits per heavy atom. The summed E-state index contributed by atoms with van der Waals surface area (Å²) in [6.07, 6.45) is 2.49. The molecule has 1 saturated carbocycles. The molecule has 0 atom stereocenters. The predicted molar refractivity (Wildman–Crippen MR) is 64.5 cm³/mol. The van der Waals surface area contributed by atoms with E-state index in [1.54, 1.807) is 6.07 Å². The second-order valence-corrected chi connectivity index (χ2v) is 4.84. The van der Waals surface area contributed by atoms with Crippen LogP contribution in [0.5, 0.6) is 5.75 Å². The topological polar surface area (TPSA) is 55.6 Å². The second kappa shape index (κ2) is 3.95. The lowest BCUT2D eigenvalue weighted by Crippen LogP contribution is -2.34. The van der Waals surface area contributed by atoms with E-state index in [1.807, 2.05) is 17.0 Å². The van der Waals surface area contributed by atoms with Crippen LogP contribution in [-0.2, 0) is 11.3 Å². The van der Waals surface area contributed by atoms with Crippen LogP contribution < -0.4 is 10.5 Å². The van der Waals surface area contributed by atoms with Crippen molar-refractivity contribution in [1.29, 1.82) is 0 Å². The molecule has 3 rings (SSSR count). The first kappa shape index (κ1) is 10.4. The van der Waals surface area contributed by atoms with E-state index >= 15 is 0 Å². The summed E-state index contributed by atoms with van der Waals surface area (Å²) in [5.74, 6) is 1.44. The van der Waals surface area contributed by atoms with Crippen molar-refractivity contribution in [3.8, 4) is 5.75 Å². The van der Waals surface area contributed by atoms with Crippen molar-refractivity contribution < 1.29 is 9.53 Å². The summed E-state index contributed by atoms with van der Waals surface area (Å²) in [5, 5.41) is 0. The van der Waals surface area contributed by atoms with E-state index in [9.17, 15) is 4.79 Å². The summed E-state index contributed by atoms with van der Waals surface area (Å²) < 4.78 is 5.51. The third-order valence-electron chi connectivity index (χ3n) is 3.36. The molecule has 90 valence electrons. The molecule has 4 nitrogen and oxygen atoms in total. The van der Waals surface area contributed by atoms with E-state index in [-0.39, 0.29) is 12.5 Å². The lowest BCUT2D eigenvalue weighted by molar-refractivity contribution is -0.133. The van der Waals surface area contributed by atoms with Gasteiger partial charge in [-0.25, -0.2) is 0 Å². The van der Waals surface area contributed by atoms with Crippen molar-refractivity contribution >= 4 is 11.6 Å². The van der Waals surface area contributed by atoms with Gasteiger partial charge in [-0.1, -0.05) is 12.1 Å². The molecule has 1 aliphatic carbocycles. The highest BCUT2D eigenvalue weighted by Gasteiger charge is 2.29. The SMILES string of the molecule is Nc1cccc2c1OCC(=O)N(CC1CC1)C2. The van der Waals surface area contributed by atoms with E-state index in [4.69, 9.17) is 10.5 Å². The summed E-state index contributed by atoms with van der Waals surface area (Å²) in [6.45, 7) is 1.58. The summed E-state index contributed by atoms with van der Waals surface area (Å²) >= 11 is 0. The lowest BCUT2D eigenvalue weighted by Gasteiger charge is -2.19. The van der Waals surface area contributed by atoms with Gasteiger partial charge in [-0.2, -0.15) is 0 Å². The molecule has 1 aromatic carbocycles. The number of nitrogen functional groups attached to an aromatic ring is 1. The molecule has 0 bridgehead atoms. The maximum absolute atomic E-state index is 11.9. The van der Waals surface area contributed by atoms with Crippen LogP contribution in [0, 0.1) is 5.92 Å². The van der Waals surface area contributed by atoms with Crippen molar-refractivity contribution in [3.63, 3.8) is 0 Å². The zero-order valence-electron chi connectivity index (χ0n) is 9.69. The number of fused-ring (bicyclic) bond motifs is 1. The van der Waals surface area contributed by atoms with Crippen LogP contribution in [0.2, 0.25) is 0 Å². The molecule has 4 heteroatoms. The maximum atomic E-state index is 11.9. The van der Waals surface area contributed by atoms with Crippen LogP contribution in [0.15, 0.2) is 18.2 Å². The van der Waals surface area contributed by atoms with Gasteiger partial charge < -0.3 is 15.4 Å². The fraction of sp³-hybridized carbons (Fsp3) is 0.462. The maximum Gasteiger partial charge on any atom is 0.260 e. The number of anilines is 1. The van der Waals surface area contributed by atoms with Gasteiger partial charge in [-0.15, -0.1) is 0 Å². The molecular weight excluding hydrogens is 216 g/mol. The zero-order chi connectivity index (χ0) is 11.8. The largest absolute Gasteiger partial charge is 0.481 e. The zero-order valence-corrected chi connectivity index (χ0v) is 9.69. The predicted octanol–water partition coefficient (Wildman–Crippen LogP) is 1.40. The molecule has 1 aliphatic heterocycles. The number of carbonyl (C=O) groups is 1. The fourth-order valence-corrected chi connectivity index (χ4v) is 2.20. The molecule has 1 heterocycles. The summed E-state index contributed by atoms with van der Waals surface area (Å²) in [5.41, 5.74) is 7.49. The molecule has 1 fully saturated rings. The van der Waals surface area contributed by atoms with Gasteiger partial charge in [-0.3, -0.25) is 4.79 Å². The van der Waals surface area contributed by atoms with Crippen molar-refractivity contribution in [3.05, 3.63) is 23.8 Å². The van der Waals surface area contributed by atoms with Gasteiger partial charge in [0.1, 0.15) is 5.75 Å². The fourth-order valence-electron chi connectivity index (χ4n) is 2.20. The molecule has 1 amide bonds. The second-order valence-electron chi connectivity index (χ2n) is 4.84. The number of nitrogens with two attached hydrogens (primary N) is 1. The number of nitrogens with zero attached hydrogens (tertiary/aromatic N) is 1. The van der Waals surface area contributed by atoms with E-state index in [0.29, 0.717) is 23.9 Å². The summed E-state index contributed by atoms with van der Waals surface area (Å²) in [4.78, 5) is 13.8. The molecule has 17 heavy (non-hydrogen) atoms. The Morgan fingerprint density at radius 3 is 3.00 bits per heavy atom. The number of benzene rings is 1. The number of hydrogen-bond donors (Lipinski definition) is 1. The molecule has 0 spiro atoms. The number of rotatable bonds is 2. The number of carbonyl (C=O) groups excluding carboxylic acids is 1. The molecule has 0 saturated heterocycles. The molecule has 2 N–H and O–H groups in total. The quantitative estimate of drug-likeness (QED) is 0.784. The Hall–Kier alpha value is -1.71. The smallest absolute Gasteiger partial charge is 0.260 e. The number of ether oxygens (including phenoxy) is 1. The van der Waals surface area contributed by atoms with Gasteiger partial charge in [-0.05, 0) is 24.8 Å². The van der Waals surface area contributed by atoms with Crippen molar-refractivity contribution in [1.82, 2.24) is 4.90 Å². The van der Waals surface area contributed by atoms with E-state index in [1.165, 1.54) is 12.8 Å². The van der Waals surface area contributed by atoms with Crippen LogP contribution >= 0.6 is 0 Å². The first-order valence-electron chi connectivity index (χ1n) is 6.02. The van der Waals surface area contributed by atoms with Crippen molar-refractivity contribution in [2.45, 2.75) is 19.4 Å². The monoisotopic (exact) mass is 232 g/mol. The highest BCUT2D eigenvalue weighted by molar-refractivity contribution is 5.79. The minimum Gasteiger partial charge on any atom is -0.481 e. The van der Waals surface area contributed by atoms with Crippen LogP contribution in [-0.4, -0.2) is 24.0 Å².